The molecule has 0 bridgehead atoms. The van der Waals surface area contributed by atoms with Gasteiger partial charge < -0.3 is 19.4 Å². The number of hydrogen-bond acceptors (Lipinski definition) is 4. The second-order valence-electron chi connectivity index (χ2n) is 4.96. The molecule has 4 nitrogen and oxygen atoms in total. The molecule has 0 aromatic heterocycles. The summed E-state index contributed by atoms with van der Waals surface area (Å²) in [7, 11) is 0. The van der Waals surface area contributed by atoms with Gasteiger partial charge in [0.2, 0.25) is 0 Å². The van der Waals surface area contributed by atoms with Gasteiger partial charge in [-0.2, -0.15) is 0 Å². The molecule has 1 aliphatic heterocycles. The molecule has 0 saturated carbocycles. The summed E-state index contributed by atoms with van der Waals surface area (Å²) in [5, 5.41) is 10.1. The second-order valence-corrected chi connectivity index (χ2v) is 4.96. The van der Waals surface area contributed by atoms with Crippen LogP contribution in [0.1, 0.15) is 34.1 Å². The van der Waals surface area contributed by atoms with Gasteiger partial charge in [-0.25, -0.2) is 0 Å². The Balaban J connectivity index is 2.62. The van der Waals surface area contributed by atoms with E-state index in [0.717, 1.165) is 12.7 Å². The van der Waals surface area contributed by atoms with Gasteiger partial charge in [0, 0.05) is 5.92 Å². The quantitative estimate of drug-likeness (QED) is 0.724. The Morgan fingerprint density at radius 1 is 1.56 bits per heavy atom. The predicted molar refractivity (Wildman–Crippen MR) is 59.9 cm³/mol. The highest BCUT2D eigenvalue weighted by Gasteiger charge is 2.40. The van der Waals surface area contributed by atoms with Crippen molar-refractivity contribution in [1.82, 2.24) is 0 Å². The van der Waals surface area contributed by atoms with Crippen LogP contribution >= 0.6 is 0 Å². The number of carbonyl (C=O) groups is 1. The Morgan fingerprint density at radius 2 is 2.19 bits per heavy atom. The van der Waals surface area contributed by atoms with Crippen molar-refractivity contribution >= 4 is 6.29 Å². The van der Waals surface area contributed by atoms with E-state index >= 15 is 0 Å². The molecule has 1 aliphatic rings. The highest BCUT2D eigenvalue weighted by molar-refractivity contribution is 5.55. The molecule has 0 aromatic rings. The molecular formula is C12H22O4. The summed E-state index contributed by atoms with van der Waals surface area (Å²) >= 11 is 0. The summed E-state index contributed by atoms with van der Waals surface area (Å²) in [5.41, 5.74) is 0. The standard InChI is InChI=1S/C12H22O4/c1-5-8(2)9(6-13)11(14)10-7-15-12(3,4)16-10/h6,8-11,14H,5,7H2,1-4H3/t8-,9-,10+,11+/m0/s1. The number of rotatable bonds is 5. The summed E-state index contributed by atoms with van der Waals surface area (Å²) in [4.78, 5) is 11.0. The average Bonchev–Trinajstić information content (AvgIpc) is 2.59. The Morgan fingerprint density at radius 3 is 2.56 bits per heavy atom. The molecule has 1 N–H and O–H groups in total. The zero-order valence-corrected chi connectivity index (χ0v) is 10.5. The van der Waals surface area contributed by atoms with Gasteiger partial charge in [-0.15, -0.1) is 0 Å². The topological polar surface area (TPSA) is 55.8 Å². The van der Waals surface area contributed by atoms with Gasteiger partial charge >= 0.3 is 0 Å². The molecule has 0 amide bonds. The predicted octanol–water partition coefficient (Wildman–Crippen LogP) is 1.36. The second kappa shape index (κ2) is 5.25. The Labute approximate surface area is 96.9 Å². The van der Waals surface area contributed by atoms with Gasteiger partial charge in [-0.3, -0.25) is 0 Å². The van der Waals surface area contributed by atoms with Crippen molar-refractivity contribution in [3.8, 4) is 0 Å². The third kappa shape index (κ3) is 3.03. The lowest BCUT2D eigenvalue weighted by atomic mass is 9.86. The van der Waals surface area contributed by atoms with Crippen LogP contribution in [0.5, 0.6) is 0 Å². The molecule has 1 fully saturated rings. The van der Waals surface area contributed by atoms with Crippen LogP contribution in [0.4, 0.5) is 0 Å². The van der Waals surface area contributed by atoms with Crippen LogP contribution in [0.2, 0.25) is 0 Å². The van der Waals surface area contributed by atoms with E-state index in [-0.39, 0.29) is 11.8 Å². The van der Waals surface area contributed by atoms with Crippen LogP contribution in [0, 0.1) is 11.8 Å². The molecule has 1 saturated heterocycles. The van der Waals surface area contributed by atoms with E-state index in [2.05, 4.69) is 0 Å². The van der Waals surface area contributed by atoms with Crippen LogP contribution in [-0.4, -0.2) is 36.0 Å². The van der Waals surface area contributed by atoms with Crippen molar-refractivity contribution < 1.29 is 19.4 Å². The fourth-order valence-electron chi connectivity index (χ4n) is 1.95. The van der Waals surface area contributed by atoms with Gasteiger partial charge in [0.15, 0.2) is 5.79 Å². The first-order chi connectivity index (χ1) is 7.41. The lowest BCUT2D eigenvalue weighted by molar-refractivity contribution is -0.158. The highest BCUT2D eigenvalue weighted by Crippen LogP contribution is 2.29. The van der Waals surface area contributed by atoms with E-state index in [4.69, 9.17) is 9.47 Å². The van der Waals surface area contributed by atoms with E-state index in [1.54, 1.807) is 13.8 Å². The highest BCUT2D eigenvalue weighted by atomic mass is 16.7. The number of hydrogen-bond donors (Lipinski definition) is 1. The fraction of sp³-hybridized carbons (Fsp3) is 0.917. The lowest BCUT2D eigenvalue weighted by Gasteiger charge is -2.27. The fourth-order valence-corrected chi connectivity index (χ4v) is 1.95. The molecule has 16 heavy (non-hydrogen) atoms. The molecule has 0 unspecified atom stereocenters. The first kappa shape index (κ1) is 13.6. The maximum absolute atomic E-state index is 11.0. The summed E-state index contributed by atoms with van der Waals surface area (Å²) < 4.78 is 10.9. The largest absolute Gasteiger partial charge is 0.390 e. The number of carbonyl (C=O) groups excluding carboxylic acids is 1. The smallest absolute Gasteiger partial charge is 0.163 e. The van der Waals surface area contributed by atoms with Crippen LogP contribution < -0.4 is 0 Å². The molecule has 1 rings (SSSR count). The van der Waals surface area contributed by atoms with Gasteiger partial charge in [0.1, 0.15) is 12.4 Å². The normalized spacial score (nSPS) is 29.7. The molecule has 0 aliphatic carbocycles. The minimum absolute atomic E-state index is 0.153. The summed E-state index contributed by atoms with van der Waals surface area (Å²) in [6, 6.07) is 0. The van der Waals surface area contributed by atoms with E-state index < -0.39 is 18.0 Å². The summed E-state index contributed by atoms with van der Waals surface area (Å²) in [6.07, 6.45) is 0.499. The number of aldehydes is 1. The zero-order chi connectivity index (χ0) is 12.3. The molecule has 4 heteroatoms. The molecule has 0 aromatic carbocycles. The molecule has 4 atom stereocenters. The van der Waals surface area contributed by atoms with Gasteiger partial charge in [0.25, 0.3) is 0 Å². The Hall–Kier alpha value is -0.450. The van der Waals surface area contributed by atoms with Crippen molar-refractivity contribution in [2.75, 3.05) is 6.61 Å². The third-order valence-electron chi connectivity index (χ3n) is 3.26. The van der Waals surface area contributed by atoms with Gasteiger partial charge in [-0.1, -0.05) is 20.3 Å². The van der Waals surface area contributed by atoms with Gasteiger partial charge in [0.05, 0.1) is 12.7 Å². The molecular weight excluding hydrogens is 208 g/mol. The molecule has 0 spiro atoms. The first-order valence-corrected chi connectivity index (χ1v) is 5.86. The van der Waals surface area contributed by atoms with E-state index in [1.807, 2.05) is 13.8 Å². The van der Waals surface area contributed by atoms with E-state index in [9.17, 15) is 9.90 Å². The van der Waals surface area contributed by atoms with E-state index in [0.29, 0.717) is 6.61 Å². The van der Waals surface area contributed by atoms with Crippen molar-refractivity contribution in [2.24, 2.45) is 11.8 Å². The number of ether oxygens (including phenoxy) is 2. The molecule has 1 heterocycles. The van der Waals surface area contributed by atoms with Crippen molar-refractivity contribution in [1.29, 1.82) is 0 Å². The van der Waals surface area contributed by atoms with Crippen LogP contribution in [-0.2, 0) is 14.3 Å². The van der Waals surface area contributed by atoms with Crippen molar-refractivity contribution in [3.05, 3.63) is 0 Å². The monoisotopic (exact) mass is 230 g/mol. The zero-order valence-electron chi connectivity index (χ0n) is 10.5. The van der Waals surface area contributed by atoms with Crippen molar-refractivity contribution in [3.63, 3.8) is 0 Å². The SMILES string of the molecule is CC[C@H](C)[C@H](C=O)[C@@H](O)[C@H]1COC(C)(C)O1. The summed E-state index contributed by atoms with van der Waals surface area (Å²) in [5.74, 6) is -0.888. The number of aliphatic hydroxyl groups excluding tert-OH is 1. The molecule has 0 radical (unpaired) electrons. The van der Waals surface area contributed by atoms with Crippen LogP contribution in [0.25, 0.3) is 0 Å². The van der Waals surface area contributed by atoms with E-state index in [1.165, 1.54) is 0 Å². The summed E-state index contributed by atoms with van der Waals surface area (Å²) in [6.45, 7) is 7.92. The maximum Gasteiger partial charge on any atom is 0.163 e. The first-order valence-electron chi connectivity index (χ1n) is 5.86. The molecule has 94 valence electrons. The van der Waals surface area contributed by atoms with Crippen LogP contribution in [0.15, 0.2) is 0 Å². The maximum atomic E-state index is 11.0. The minimum atomic E-state index is -0.783. The minimum Gasteiger partial charge on any atom is -0.390 e. The van der Waals surface area contributed by atoms with Crippen molar-refractivity contribution in [2.45, 2.75) is 52.1 Å². The third-order valence-corrected chi connectivity index (χ3v) is 3.26. The Kier molecular flexibility index (Phi) is 4.47. The van der Waals surface area contributed by atoms with Gasteiger partial charge in [-0.05, 0) is 19.8 Å². The Bertz CT molecular complexity index is 239. The lowest BCUT2D eigenvalue weighted by Crippen LogP contribution is -2.40. The average molecular weight is 230 g/mol. The van der Waals surface area contributed by atoms with Crippen LogP contribution in [0.3, 0.4) is 0 Å². The number of aliphatic hydroxyl groups is 1.